The lowest BCUT2D eigenvalue weighted by molar-refractivity contribution is -0.142. The van der Waals surface area contributed by atoms with Crippen LogP contribution in [0.3, 0.4) is 0 Å². The van der Waals surface area contributed by atoms with E-state index in [1.54, 1.807) is 18.2 Å². The van der Waals surface area contributed by atoms with E-state index in [-0.39, 0.29) is 54.9 Å². The fraction of sp³-hybridized carbons (Fsp3) is 0.355. The quantitative estimate of drug-likeness (QED) is 0.235. The Kier molecular flexibility index (Phi) is 11.7. The molecule has 3 aromatic carbocycles. The number of amides is 2. The molecule has 226 valence electrons. The lowest BCUT2D eigenvalue weighted by Crippen LogP contribution is -2.54. The van der Waals surface area contributed by atoms with E-state index in [4.69, 9.17) is 34.8 Å². The summed E-state index contributed by atoms with van der Waals surface area (Å²) in [4.78, 5) is 29.2. The highest BCUT2D eigenvalue weighted by Crippen LogP contribution is 2.31. The molecule has 0 spiro atoms. The fourth-order valence-electron chi connectivity index (χ4n) is 4.48. The van der Waals surface area contributed by atoms with Crippen molar-refractivity contribution in [2.45, 2.75) is 58.2 Å². The third-order valence-corrected chi connectivity index (χ3v) is 8.50. The molecule has 0 aliphatic rings. The zero-order valence-corrected chi connectivity index (χ0v) is 27.2. The maximum Gasteiger partial charge on any atom is 0.243 e. The zero-order valence-electron chi connectivity index (χ0n) is 24.1. The van der Waals surface area contributed by atoms with E-state index in [1.807, 2.05) is 63.2 Å². The van der Waals surface area contributed by atoms with Gasteiger partial charge in [-0.1, -0.05) is 83.3 Å². The Morgan fingerprint density at radius 1 is 0.905 bits per heavy atom. The zero-order chi connectivity index (χ0) is 31.1. The van der Waals surface area contributed by atoms with E-state index >= 15 is 0 Å². The largest absolute Gasteiger partial charge is 0.350 e. The molecule has 7 nitrogen and oxygen atoms in total. The molecule has 0 aliphatic heterocycles. The molecular weight excluding hydrogens is 617 g/mol. The van der Waals surface area contributed by atoms with Crippen molar-refractivity contribution in [3.63, 3.8) is 0 Å². The van der Waals surface area contributed by atoms with E-state index in [9.17, 15) is 18.0 Å². The number of carbonyl (C=O) groups excluding carboxylic acids is 2. The van der Waals surface area contributed by atoms with E-state index in [2.05, 4.69) is 5.32 Å². The second-order valence-electron chi connectivity index (χ2n) is 11.1. The lowest BCUT2D eigenvalue weighted by Gasteiger charge is -2.34. The molecule has 0 heterocycles. The van der Waals surface area contributed by atoms with Gasteiger partial charge in [-0.05, 0) is 62.6 Å². The average molecular weight is 653 g/mol. The topological polar surface area (TPSA) is 86.8 Å². The van der Waals surface area contributed by atoms with Gasteiger partial charge in [0.1, 0.15) is 6.04 Å². The number of anilines is 1. The lowest BCUT2D eigenvalue weighted by atomic mass is 10.00. The monoisotopic (exact) mass is 651 g/mol. The molecule has 3 aromatic rings. The summed E-state index contributed by atoms with van der Waals surface area (Å²) in [5.74, 6) is -0.610. The predicted octanol–water partition coefficient (Wildman–Crippen LogP) is 6.75. The Bertz CT molecular complexity index is 1490. The van der Waals surface area contributed by atoms with E-state index < -0.39 is 21.6 Å². The van der Waals surface area contributed by atoms with Crippen molar-refractivity contribution < 1.29 is 18.0 Å². The second kappa shape index (κ2) is 14.6. The molecule has 1 atom stereocenters. The first-order valence-corrected chi connectivity index (χ1v) is 16.5. The molecule has 2 amide bonds. The van der Waals surface area contributed by atoms with Gasteiger partial charge in [0, 0.05) is 41.5 Å². The standard InChI is InChI=1S/C31H36Cl3N3O4S/c1-31(2,3)35-30(39)28(19-22-11-6-5-7-12-22)36(21-23-13-8-9-14-25(23)33)29(38)15-10-18-37(42(4,40)41)27-20-24(32)16-17-26(27)34/h5-9,11-14,16-17,20,28H,10,15,18-19,21H2,1-4H3,(H,35,39)/t28-/m1/s1. The first-order valence-electron chi connectivity index (χ1n) is 13.5. The van der Waals surface area contributed by atoms with Crippen molar-refractivity contribution in [2.75, 3.05) is 17.1 Å². The smallest absolute Gasteiger partial charge is 0.243 e. The summed E-state index contributed by atoms with van der Waals surface area (Å²) in [6.45, 7) is 5.73. The van der Waals surface area contributed by atoms with Gasteiger partial charge in [-0.15, -0.1) is 0 Å². The van der Waals surface area contributed by atoms with Gasteiger partial charge >= 0.3 is 0 Å². The maximum atomic E-state index is 13.9. The maximum absolute atomic E-state index is 13.9. The van der Waals surface area contributed by atoms with Crippen LogP contribution >= 0.6 is 34.8 Å². The van der Waals surface area contributed by atoms with Crippen LogP contribution in [0.2, 0.25) is 15.1 Å². The number of nitrogens with one attached hydrogen (secondary N) is 1. The van der Waals surface area contributed by atoms with Crippen LogP contribution in [-0.4, -0.2) is 49.5 Å². The summed E-state index contributed by atoms with van der Waals surface area (Å²) in [5.41, 5.74) is 1.29. The Labute approximate surface area is 263 Å². The summed E-state index contributed by atoms with van der Waals surface area (Å²) < 4.78 is 26.5. The van der Waals surface area contributed by atoms with Crippen molar-refractivity contribution in [1.82, 2.24) is 10.2 Å². The molecule has 0 aromatic heterocycles. The molecule has 11 heteroatoms. The molecule has 0 unspecified atom stereocenters. The van der Waals surface area contributed by atoms with Crippen LogP contribution in [0.15, 0.2) is 72.8 Å². The molecular formula is C31H36Cl3N3O4S. The third-order valence-electron chi connectivity index (χ3n) is 6.40. The minimum Gasteiger partial charge on any atom is -0.350 e. The molecule has 0 aliphatic carbocycles. The highest BCUT2D eigenvalue weighted by molar-refractivity contribution is 7.92. The number of carbonyl (C=O) groups is 2. The van der Waals surface area contributed by atoms with Crippen LogP contribution < -0.4 is 9.62 Å². The van der Waals surface area contributed by atoms with Gasteiger partial charge in [-0.2, -0.15) is 0 Å². The Balaban J connectivity index is 1.93. The van der Waals surface area contributed by atoms with Crippen LogP contribution in [0, 0.1) is 0 Å². The first kappa shape index (κ1) is 33.7. The number of nitrogens with zero attached hydrogens (tertiary/aromatic N) is 2. The summed E-state index contributed by atoms with van der Waals surface area (Å²) in [6.07, 6.45) is 1.50. The molecule has 42 heavy (non-hydrogen) atoms. The van der Waals surface area contributed by atoms with Crippen LogP contribution in [0.4, 0.5) is 5.69 Å². The average Bonchev–Trinajstić information content (AvgIpc) is 2.90. The van der Waals surface area contributed by atoms with Crippen LogP contribution in [0.25, 0.3) is 0 Å². The molecule has 0 bridgehead atoms. The van der Waals surface area contributed by atoms with Crippen molar-refractivity contribution in [2.24, 2.45) is 0 Å². The number of hydrogen-bond acceptors (Lipinski definition) is 4. The summed E-state index contributed by atoms with van der Waals surface area (Å²) in [6, 6.07) is 20.4. The van der Waals surface area contributed by atoms with Crippen molar-refractivity contribution in [3.05, 3.63) is 99.0 Å². The SMILES string of the molecule is CC(C)(C)NC(=O)[C@@H](Cc1ccccc1)N(Cc1ccccc1Cl)C(=O)CCCN(c1cc(Cl)ccc1Cl)S(C)(=O)=O. The Morgan fingerprint density at radius 2 is 1.55 bits per heavy atom. The minimum atomic E-state index is -3.74. The summed E-state index contributed by atoms with van der Waals surface area (Å²) in [7, 11) is -3.74. The van der Waals surface area contributed by atoms with Crippen LogP contribution in [0.1, 0.15) is 44.7 Å². The van der Waals surface area contributed by atoms with Crippen molar-refractivity contribution in [3.8, 4) is 0 Å². The third kappa shape index (κ3) is 9.90. The fourth-order valence-corrected chi connectivity index (χ4v) is 6.08. The number of rotatable bonds is 12. The number of halogens is 3. The molecule has 0 radical (unpaired) electrons. The van der Waals surface area contributed by atoms with Gasteiger partial charge in [0.05, 0.1) is 17.0 Å². The molecule has 1 N–H and O–H groups in total. The second-order valence-corrected chi connectivity index (χ2v) is 14.2. The van der Waals surface area contributed by atoms with E-state index in [0.717, 1.165) is 16.1 Å². The normalized spacial score (nSPS) is 12.5. The highest BCUT2D eigenvalue weighted by atomic mass is 35.5. The molecule has 0 saturated carbocycles. The van der Waals surface area contributed by atoms with E-state index in [0.29, 0.717) is 15.6 Å². The number of benzene rings is 3. The molecule has 3 rings (SSSR count). The van der Waals surface area contributed by atoms with Crippen LogP contribution in [0.5, 0.6) is 0 Å². The minimum absolute atomic E-state index is 0.0118. The Morgan fingerprint density at radius 3 is 2.17 bits per heavy atom. The van der Waals surface area contributed by atoms with Crippen LogP contribution in [-0.2, 0) is 32.6 Å². The van der Waals surface area contributed by atoms with E-state index in [1.165, 1.54) is 17.0 Å². The molecule has 0 fully saturated rings. The summed E-state index contributed by atoms with van der Waals surface area (Å²) in [5, 5.41) is 4.05. The Hall–Kier alpha value is -2.78. The van der Waals surface area contributed by atoms with Gasteiger partial charge in [0.15, 0.2) is 0 Å². The van der Waals surface area contributed by atoms with Gasteiger partial charge < -0.3 is 10.2 Å². The molecule has 0 saturated heterocycles. The number of sulfonamides is 1. The number of hydrogen-bond donors (Lipinski definition) is 1. The van der Waals surface area contributed by atoms with Gasteiger partial charge in [0.2, 0.25) is 21.8 Å². The van der Waals surface area contributed by atoms with Gasteiger partial charge in [0.25, 0.3) is 0 Å². The highest BCUT2D eigenvalue weighted by Gasteiger charge is 2.32. The van der Waals surface area contributed by atoms with Crippen molar-refractivity contribution >= 4 is 62.3 Å². The van der Waals surface area contributed by atoms with Crippen molar-refractivity contribution in [1.29, 1.82) is 0 Å². The predicted molar refractivity (Wildman–Crippen MR) is 172 cm³/mol. The van der Waals surface area contributed by atoms with Gasteiger partial charge in [-0.25, -0.2) is 8.42 Å². The first-order chi connectivity index (χ1) is 19.7. The van der Waals surface area contributed by atoms with Gasteiger partial charge in [-0.3, -0.25) is 13.9 Å². The summed E-state index contributed by atoms with van der Waals surface area (Å²) >= 11 is 18.9.